The minimum atomic E-state index is -0.762. The average Bonchev–Trinajstić information content (AvgIpc) is 3.53. The standard InChI is InChI=1S/C26H24ClN5O5S2/c1-26(2,3)25(36)32-23(38-13-17-5-6-21(27)39-17)9-18(30-32)19-7-15(24(35)37-4)8-22(34)31(19)12-20(33)16-10-28-14-29-11-16/h5-11,14H,12-13H2,1-4H3. The summed E-state index contributed by atoms with van der Waals surface area (Å²) in [6, 6.07) is 7.88. The van der Waals surface area contributed by atoms with Gasteiger partial charge in [-0.15, -0.1) is 23.1 Å². The van der Waals surface area contributed by atoms with Crippen LogP contribution in [0.3, 0.4) is 0 Å². The number of Topliss-reactive ketones (excluding diaryl/α,β-unsaturated/α-hetero) is 1. The number of esters is 1. The number of thiophene rings is 1. The maximum absolute atomic E-state index is 13.3. The van der Waals surface area contributed by atoms with Gasteiger partial charge in [0.2, 0.25) is 0 Å². The minimum absolute atomic E-state index is 0.0108. The molecule has 0 amide bonds. The van der Waals surface area contributed by atoms with E-state index in [4.69, 9.17) is 16.3 Å². The fourth-order valence-electron chi connectivity index (χ4n) is 3.52. The van der Waals surface area contributed by atoms with Gasteiger partial charge in [0.25, 0.3) is 11.5 Å². The lowest BCUT2D eigenvalue weighted by Gasteiger charge is -2.17. The van der Waals surface area contributed by atoms with Crippen molar-refractivity contribution in [3.8, 4) is 11.4 Å². The van der Waals surface area contributed by atoms with Crippen molar-refractivity contribution < 1.29 is 19.1 Å². The van der Waals surface area contributed by atoms with Gasteiger partial charge in [-0.25, -0.2) is 14.8 Å². The average molecular weight is 586 g/mol. The molecule has 4 aromatic rings. The van der Waals surface area contributed by atoms with Crippen LogP contribution in [-0.2, 0) is 17.0 Å². The van der Waals surface area contributed by atoms with Crippen molar-refractivity contribution in [3.63, 3.8) is 0 Å². The van der Waals surface area contributed by atoms with Crippen LogP contribution in [0.1, 0.15) is 51.2 Å². The highest BCUT2D eigenvalue weighted by Gasteiger charge is 2.28. The Kier molecular flexibility index (Phi) is 8.48. The molecule has 0 radical (unpaired) electrons. The van der Waals surface area contributed by atoms with Gasteiger partial charge < -0.3 is 4.74 Å². The van der Waals surface area contributed by atoms with Crippen LogP contribution in [0.4, 0.5) is 0 Å². The molecule has 0 aliphatic carbocycles. The van der Waals surface area contributed by atoms with E-state index in [2.05, 4.69) is 15.1 Å². The molecular formula is C26H24ClN5O5S2. The Morgan fingerprint density at radius 2 is 1.79 bits per heavy atom. The van der Waals surface area contributed by atoms with Crippen molar-refractivity contribution in [2.75, 3.05) is 7.11 Å². The van der Waals surface area contributed by atoms with Crippen molar-refractivity contribution in [1.82, 2.24) is 24.3 Å². The van der Waals surface area contributed by atoms with Crippen LogP contribution >= 0.6 is 34.7 Å². The first-order valence-electron chi connectivity index (χ1n) is 11.6. The number of methoxy groups -OCH3 is 1. The summed E-state index contributed by atoms with van der Waals surface area (Å²) in [6.07, 6.45) is 4.00. The number of carbonyl (C=O) groups is 3. The number of pyridine rings is 1. The number of hydrogen-bond acceptors (Lipinski definition) is 10. The number of thioether (sulfide) groups is 1. The number of ketones is 1. The number of aromatic nitrogens is 5. The summed E-state index contributed by atoms with van der Waals surface area (Å²) in [7, 11) is 1.20. The predicted molar refractivity (Wildman–Crippen MR) is 149 cm³/mol. The van der Waals surface area contributed by atoms with E-state index in [9.17, 15) is 19.2 Å². The maximum Gasteiger partial charge on any atom is 0.338 e. The minimum Gasteiger partial charge on any atom is -0.465 e. The zero-order chi connectivity index (χ0) is 28.3. The van der Waals surface area contributed by atoms with Crippen LogP contribution < -0.4 is 5.56 Å². The Morgan fingerprint density at radius 3 is 2.41 bits per heavy atom. The first-order valence-corrected chi connectivity index (χ1v) is 13.8. The molecule has 4 aromatic heterocycles. The highest BCUT2D eigenvalue weighted by atomic mass is 35.5. The highest BCUT2D eigenvalue weighted by molar-refractivity contribution is 7.98. The summed E-state index contributed by atoms with van der Waals surface area (Å²) >= 11 is 8.88. The fourth-order valence-corrected chi connectivity index (χ4v) is 5.64. The second-order valence-electron chi connectivity index (χ2n) is 9.42. The Morgan fingerprint density at radius 1 is 1.08 bits per heavy atom. The Bertz CT molecular complexity index is 1600. The number of hydrogen-bond donors (Lipinski definition) is 0. The van der Waals surface area contributed by atoms with Crippen LogP contribution in [0.15, 0.2) is 58.9 Å². The Hall–Kier alpha value is -3.61. The quantitative estimate of drug-likeness (QED) is 0.162. The predicted octanol–water partition coefficient (Wildman–Crippen LogP) is 4.86. The van der Waals surface area contributed by atoms with Gasteiger partial charge in [0.05, 0.1) is 34.8 Å². The second-order valence-corrected chi connectivity index (χ2v) is 12.2. The summed E-state index contributed by atoms with van der Waals surface area (Å²) in [5.74, 6) is -0.880. The van der Waals surface area contributed by atoms with E-state index in [0.29, 0.717) is 15.1 Å². The van der Waals surface area contributed by atoms with Crippen molar-refractivity contribution in [2.24, 2.45) is 5.41 Å². The third-order valence-electron chi connectivity index (χ3n) is 5.50. The van der Waals surface area contributed by atoms with Crippen molar-refractivity contribution in [3.05, 3.63) is 79.7 Å². The largest absolute Gasteiger partial charge is 0.465 e. The van der Waals surface area contributed by atoms with Gasteiger partial charge in [0, 0.05) is 40.6 Å². The summed E-state index contributed by atoms with van der Waals surface area (Å²) < 4.78 is 7.96. The molecule has 0 saturated heterocycles. The molecule has 0 aliphatic heterocycles. The van der Waals surface area contributed by atoms with Crippen LogP contribution in [0.5, 0.6) is 0 Å². The molecule has 0 bridgehead atoms. The van der Waals surface area contributed by atoms with E-state index in [1.165, 1.54) is 64.2 Å². The van der Waals surface area contributed by atoms with E-state index in [-0.39, 0.29) is 35.0 Å². The molecule has 10 nitrogen and oxygen atoms in total. The number of nitrogens with zero attached hydrogens (tertiary/aromatic N) is 5. The molecular weight excluding hydrogens is 562 g/mol. The van der Waals surface area contributed by atoms with Gasteiger partial charge in [-0.1, -0.05) is 32.4 Å². The summed E-state index contributed by atoms with van der Waals surface area (Å²) in [4.78, 5) is 60.5. The van der Waals surface area contributed by atoms with Gasteiger partial charge in [0.15, 0.2) is 5.78 Å². The van der Waals surface area contributed by atoms with E-state index in [1.54, 1.807) is 32.9 Å². The van der Waals surface area contributed by atoms with Gasteiger partial charge in [-0.05, 0) is 18.2 Å². The molecule has 202 valence electrons. The second kappa shape index (κ2) is 11.6. The number of halogens is 1. The molecule has 0 unspecified atom stereocenters. The Balaban J connectivity index is 1.83. The normalized spacial score (nSPS) is 11.4. The number of ether oxygens (including phenoxy) is 1. The monoisotopic (exact) mass is 585 g/mol. The number of carbonyl (C=O) groups excluding carboxylic acids is 3. The summed E-state index contributed by atoms with van der Waals surface area (Å²) in [5.41, 5.74) is -0.761. The first-order chi connectivity index (χ1) is 18.5. The lowest BCUT2D eigenvalue weighted by molar-refractivity contribution is 0.0600. The van der Waals surface area contributed by atoms with E-state index >= 15 is 0 Å². The van der Waals surface area contributed by atoms with E-state index in [1.807, 2.05) is 6.07 Å². The smallest absolute Gasteiger partial charge is 0.338 e. The molecule has 0 fully saturated rings. The van der Waals surface area contributed by atoms with Gasteiger partial charge >= 0.3 is 5.97 Å². The highest BCUT2D eigenvalue weighted by Crippen LogP contribution is 2.33. The zero-order valence-electron chi connectivity index (χ0n) is 21.5. The zero-order valence-corrected chi connectivity index (χ0v) is 23.9. The lowest BCUT2D eigenvalue weighted by atomic mass is 9.96. The topological polar surface area (TPSA) is 126 Å². The molecule has 0 aliphatic rings. The molecule has 0 aromatic carbocycles. The van der Waals surface area contributed by atoms with Crippen LogP contribution in [-0.4, -0.2) is 49.1 Å². The van der Waals surface area contributed by atoms with Gasteiger partial charge in [0.1, 0.15) is 17.0 Å². The molecule has 39 heavy (non-hydrogen) atoms. The third kappa shape index (κ3) is 6.52. The maximum atomic E-state index is 13.3. The fraction of sp³-hybridized carbons (Fsp3) is 0.269. The molecule has 0 N–H and O–H groups in total. The van der Waals surface area contributed by atoms with E-state index in [0.717, 1.165) is 10.9 Å². The van der Waals surface area contributed by atoms with Crippen molar-refractivity contribution in [1.29, 1.82) is 0 Å². The molecule has 0 atom stereocenters. The molecule has 0 spiro atoms. The van der Waals surface area contributed by atoms with Crippen LogP contribution in [0.25, 0.3) is 11.4 Å². The summed E-state index contributed by atoms with van der Waals surface area (Å²) in [5, 5.41) is 5.08. The van der Waals surface area contributed by atoms with Crippen LogP contribution in [0.2, 0.25) is 4.34 Å². The van der Waals surface area contributed by atoms with Crippen LogP contribution in [0, 0.1) is 5.41 Å². The SMILES string of the molecule is COC(=O)c1cc(-c2cc(SCc3ccc(Cl)s3)n(C(=O)C(C)(C)C)n2)n(CC(=O)c2cncnc2)c(=O)c1. The Labute approximate surface area is 237 Å². The lowest BCUT2D eigenvalue weighted by Crippen LogP contribution is -2.29. The van der Waals surface area contributed by atoms with Gasteiger partial charge in [-0.3, -0.25) is 19.0 Å². The van der Waals surface area contributed by atoms with Crippen molar-refractivity contribution >= 4 is 52.4 Å². The number of rotatable bonds is 8. The molecule has 13 heteroatoms. The third-order valence-corrected chi connectivity index (χ3v) is 7.95. The first kappa shape index (κ1) is 28.4. The molecule has 4 heterocycles. The van der Waals surface area contributed by atoms with Crippen molar-refractivity contribution in [2.45, 2.75) is 38.1 Å². The molecule has 4 rings (SSSR count). The van der Waals surface area contributed by atoms with Gasteiger partial charge in [-0.2, -0.15) is 9.78 Å². The molecule has 0 saturated carbocycles. The van der Waals surface area contributed by atoms with E-state index < -0.39 is 22.7 Å². The summed E-state index contributed by atoms with van der Waals surface area (Å²) in [6.45, 7) is 4.97.